The van der Waals surface area contributed by atoms with Gasteiger partial charge in [-0.05, 0) is 64.4 Å². The standard InChI is InChI=1S/C18H26BrN3O/c1-11(2)15-10-16(12(3)9-17(15)23-5)14-7-6-8-22(20)18(14)21-13(4)19/h9-11,14H,4,6-8,20H2,1-3,5H3. The van der Waals surface area contributed by atoms with Gasteiger partial charge in [-0.1, -0.05) is 26.5 Å². The summed E-state index contributed by atoms with van der Waals surface area (Å²) in [6, 6.07) is 4.38. The van der Waals surface area contributed by atoms with Crippen molar-refractivity contribution >= 4 is 21.8 Å². The van der Waals surface area contributed by atoms with Gasteiger partial charge in [0.25, 0.3) is 0 Å². The highest BCUT2D eigenvalue weighted by Crippen LogP contribution is 2.36. The second kappa shape index (κ2) is 7.49. The van der Waals surface area contributed by atoms with Crippen molar-refractivity contribution in [3.8, 4) is 5.75 Å². The highest BCUT2D eigenvalue weighted by molar-refractivity contribution is 9.11. The molecule has 0 aliphatic carbocycles. The maximum atomic E-state index is 6.17. The molecule has 1 aliphatic heterocycles. The van der Waals surface area contributed by atoms with Crippen LogP contribution in [0.3, 0.4) is 0 Å². The van der Waals surface area contributed by atoms with E-state index in [0.29, 0.717) is 10.5 Å². The van der Waals surface area contributed by atoms with Crippen molar-refractivity contribution in [1.29, 1.82) is 0 Å². The number of amidine groups is 1. The van der Waals surface area contributed by atoms with Crippen molar-refractivity contribution in [2.45, 2.75) is 45.4 Å². The lowest BCUT2D eigenvalue weighted by molar-refractivity contribution is 0.367. The van der Waals surface area contributed by atoms with E-state index in [4.69, 9.17) is 10.6 Å². The molecule has 23 heavy (non-hydrogen) atoms. The molecule has 1 atom stereocenters. The molecular weight excluding hydrogens is 354 g/mol. The van der Waals surface area contributed by atoms with Gasteiger partial charge in [0, 0.05) is 12.5 Å². The van der Waals surface area contributed by atoms with Crippen LogP contribution in [-0.4, -0.2) is 24.5 Å². The quantitative estimate of drug-likeness (QED) is 0.621. The van der Waals surface area contributed by atoms with Crippen LogP contribution >= 0.6 is 15.9 Å². The summed E-state index contributed by atoms with van der Waals surface area (Å²) in [5, 5.41) is 1.75. The van der Waals surface area contributed by atoms with Crippen LogP contribution in [0.25, 0.3) is 0 Å². The molecule has 5 heteroatoms. The van der Waals surface area contributed by atoms with E-state index in [-0.39, 0.29) is 5.92 Å². The largest absolute Gasteiger partial charge is 0.496 e. The highest BCUT2D eigenvalue weighted by Gasteiger charge is 2.29. The molecule has 2 rings (SSSR count). The molecule has 1 saturated heterocycles. The minimum Gasteiger partial charge on any atom is -0.496 e. The average Bonchev–Trinajstić information content (AvgIpc) is 2.48. The van der Waals surface area contributed by atoms with E-state index in [2.05, 4.69) is 60.4 Å². The maximum absolute atomic E-state index is 6.17. The molecule has 0 bridgehead atoms. The van der Waals surface area contributed by atoms with Gasteiger partial charge in [0.1, 0.15) is 16.2 Å². The third-order valence-electron chi connectivity index (χ3n) is 4.35. The monoisotopic (exact) mass is 379 g/mol. The van der Waals surface area contributed by atoms with Crippen molar-refractivity contribution in [3.63, 3.8) is 0 Å². The third-order valence-corrected chi connectivity index (χ3v) is 4.53. The SMILES string of the molecule is C=C(Br)N=C1C(c2cc(C(C)C)c(OC)cc2C)CCCN1N. The molecule has 1 unspecified atom stereocenters. The molecule has 1 aromatic rings. The minimum atomic E-state index is 0.187. The molecule has 2 N–H and O–H groups in total. The number of halogens is 1. The van der Waals surface area contributed by atoms with Crippen LogP contribution in [0.15, 0.2) is 28.3 Å². The molecule has 4 nitrogen and oxygen atoms in total. The maximum Gasteiger partial charge on any atom is 0.127 e. The molecule has 1 aliphatic rings. The summed E-state index contributed by atoms with van der Waals surface area (Å²) in [7, 11) is 1.73. The van der Waals surface area contributed by atoms with E-state index in [1.165, 1.54) is 16.7 Å². The predicted octanol–water partition coefficient (Wildman–Crippen LogP) is 4.44. The van der Waals surface area contributed by atoms with Gasteiger partial charge in [-0.25, -0.2) is 10.8 Å². The van der Waals surface area contributed by atoms with Gasteiger partial charge in [0.15, 0.2) is 0 Å². The van der Waals surface area contributed by atoms with E-state index in [9.17, 15) is 0 Å². The van der Waals surface area contributed by atoms with Crippen LogP contribution in [0.1, 0.15) is 55.2 Å². The highest BCUT2D eigenvalue weighted by atomic mass is 79.9. The lowest BCUT2D eigenvalue weighted by atomic mass is 9.84. The Hall–Kier alpha value is -1.33. The first kappa shape index (κ1) is 18.0. The number of hydrogen-bond acceptors (Lipinski definition) is 3. The fraction of sp³-hybridized carbons (Fsp3) is 0.500. The molecule has 0 radical (unpaired) electrons. The van der Waals surface area contributed by atoms with Gasteiger partial charge in [0.05, 0.1) is 7.11 Å². The third kappa shape index (κ3) is 3.96. The molecule has 0 aromatic heterocycles. The number of hydrogen-bond donors (Lipinski definition) is 1. The van der Waals surface area contributed by atoms with E-state index in [1.807, 2.05) is 0 Å². The molecule has 0 spiro atoms. The van der Waals surface area contributed by atoms with Crippen LogP contribution in [0.5, 0.6) is 5.75 Å². The van der Waals surface area contributed by atoms with E-state index in [0.717, 1.165) is 31.0 Å². The van der Waals surface area contributed by atoms with Crippen LogP contribution in [0.4, 0.5) is 0 Å². The zero-order valence-corrected chi connectivity index (χ0v) is 16.0. The summed E-state index contributed by atoms with van der Waals surface area (Å²) in [6.07, 6.45) is 2.09. The van der Waals surface area contributed by atoms with Crippen molar-refractivity contribution in [2.24, 2.45) is 10.8 Å². The van der Waals surface area contributed by atoms with E-state index in [1.54, 1.807) is 12.1 Å². The Morgan fingerprint density at radius 3 is 2.74 bits per heavy atom. The molecule has 126 valence electrons. The lowest BCUT2D eigenvalue weighted by Gasteiger charge is -2.34. The van der Waals surface area contributed by atoms with Crippen molar-refractivity contribution in [3.05, 3.63) is 40.0 Å². The van der Waals surface area contributed by atoms with Gasteiger partial charge < -0.3 is 4.74 Å². The topological polar surface area (TPSA) is 50.8 Å². The molecular formula is C18H26BrN3O. The summed E-state index contributed by atoms with van der Waals surface area (Å²) in [5.74, 6) is 8.58. The van der Waals surface area contributed by atoms with Gasteiger partial charge in [0.2, 0.25) is 0 Å². The number of methoxy groups -OCH3 is 1. The first-order valence-corrected chi connectivity index (χ1v) is 8.78. The zero-order chi connectivity index (χ0) is 17.1. The van der Waals surface area contributed by atoms with Crippen LogP contribution in [-0.2, 0) is 0 Å². The van der Waals surface area contributed by atoms with Gasteiger partial charge in [-0.2, -0.15) is 0 Å². The fourth-order valence-corrected chi connectivity index (χ4v) is 3.37. The first-order chi connectivity index (χ1) is 10.8. The second-order valence-corrected chi connectivity index (χ2v) is 7.26. The Balaban J connectivity index is 2.54. The number of aryl methyl sites for hydroxylation is 1. The number of rotatable bonds is 4. The Morgan fingerprint density at radius 1 is 1.48 bits per heavy atom. The van der Waals surface area contributed by atoms with Crippen molar-refractivity contribution in [2.75, 3.05) is 13.7 Å². The summed E-state index contributed by atoms with van der Waals surface area (Å²) in [4.78, 5) is 4.54. The average molecular weight is 380 g/mol. The summed E-state index contributed by atoms with van der Waals surface area (Å²) in [5.41, 5.74) is 3.70. The summed E-state index contributed by atoms with van der Waals surface area (Å²) < 4.78 is 6.16. The molecule has 1 aromatic carbocycles. The van der Waals surface area contributed by atoms with Gasteiger partial charge >= 0.3 is 0 Å². The molecule has 1 fully saturated rings. The van der Waals surface area contributed by atoms with Crippen molar-refractivity contribution < 1.29 is 4.74 Å². The van der Waals surface area contributed by atoms with Gasteiger partial charge in [-0.3, -0.25) is 5.01 Å². The van der Waals surface area contributed by atoms with Crippen LogP contribution in [0, 0.1) is 6.92 Å². The molecule has 0 amide bonds. The fourth-order valence-electron chi connectivity index (χ4n) is 3.19. The summed E-state index contributed by atoms with van der Waals surface area (Å²) >= 11 is 3.33. The smallest absolute Gasteiger partial charge is 0.127 e. The van der Waals surface area contributed by atoms with E-state index >= 15 is 0 Å². The first-order valence-electron chi connectivity index (χ1n) is 7.98. The number of piperidine rings is 1. The van der Waals surface area contributed by atoms with Gasteiger partial charge in [-0.15, -0.1) is 0 Å². The Bertz CT molecular complexity index is 625. The Kier molecular flexibility index (Phi) is 5.87. The molecule has 1 heterocycles. The number of nitrogens with zero attached hydrogens (tertiary/aromatic N) is 2. The van der Waals surface area contributed by atoms with E-state index < -0.39 is 0 Å². The van der Waals surface area contributed by atoms with Crippen molar-refractivity contribution in [1.82, 2.24) is 5.01 Å². The number of ether oxygens (including phenoxy) is 1. The van der Waals surface area contributed by atoms with Crippen LogP contribution in [0.2, 0.25) is 0 Å². The normalized spacial score (nSPS) is 20.2. The summed E-state index contributed by atoms with van der Waals surface area (Å²) in [6.45, 7) is 11.1. The second-order valence-electron chi connectivity index (χ2n) is 6.34. The predicted molar refractivity (Wildman–Crippen MR) is 100 cm³/mol. The number of benzene rings is 1. The Labute approximate surface area is 147 Å². The number of aliphatic imine (C=N–C) groups is 1. The lowest BCUT2D eigenvalue weighted by Crippen LogP contribution is -2.45. The minimum absolute atomic E-state index is 0.187. The molecule has 0 saturated carbocycles. The van der Waals surface area contributed by atoms with Crippen LogP contribution < -0.4 is 10.6 Å². The number of nitrogens with two attached hydrogens (primary N) is 1. The Morgan fingerprint density at radius 2 is 2.17 bits per heavy atom. The number of hydrazine groups is 1. The zero-order valence-electron chi connectivity index (χ0n) is 14.4.